The molecule has 1 aromatic heterocycles. The molecule has 13 heteroatoms. The summed E-state index contributed by atoms with van der Waals surface area (Å²) in [5.74, 6) is 1.06. The van der Waals surface area contributed by atoms with Crippen LogP contribution >= 0.6 is 23.2 Å². The molecule has 1 aliphatic rings. The van der Waals surface area contributed by atoms with Crippen LogP contribution in [0.25, 0.3) is 0 Å². The normalized spacial score (nSPS) is 13.2. The molecule has 1 N–H and O–H groups in total. The first-order valence-electron chi connectivity index (χ1n) is 11.8. The summed E-state index contributed by atoms with van der Waals surface area (Å²) in [5, 5.41) is 0.808. The van der Waals surface area contributed by atoms with Crippen molar-refractivity contribution < 1.29 is 22.6 Å². The maximum atomic E-state index is 13.3. The molecule has 1 aliphatic heterocycles. The van der Waals surface area contributed by atoms with Gasteiger partial charge in [0.25, 0.3) is 21.8 Å². The molecule has 0 atom stereocenters. The van der Waals surface area contributed by atoms with Crippen molar-refractivity contribution in [3.05, 3.63) is 57.6 Å². The summed E-state index contributed by atoms with van der Waals surface area (Å²) in [6, 6.07) is 9.94. The van der Waals surface area contributed by atoms with Crippen molar-refractivity contribution in [1.29, 1.82) is 0 Å². The van der Waals surface area contributed by atoms with E-state index < -0.39 is 10.0 Å². The number of nitrogens with one attached hydrogen (secondary N) is 1. The van der Waals surface area contributed by atoms with E-state index in [1.807, 2.05) is 30.9 Å². The number of rotatable bonds is 10. The average Bonchev–Trinajstić information content (AvgIpc) is 2.86. The zero-order valence-electron chi connectivity index (χ0n) is 21.5. The summed E-state index contributed by atoms with van der Waals surface area (Å²) < 4.78 is 46.5. The van der Waals surface area contributed by atoms with Crippen molar-refractivity contribution in [3.8, 4) is 17.5 Å². The van der Waals surface area contributed by atoms with E-state index in [0.717, 1.165) is 12.1 Å². The van der Waals surface area contributed by atoms with E-state index in [-0.39, 0.29) is 29.1 Å². The SMILES string of the molecule is Cc1c(Cl)cccc1S(=O)(=O)Nc1nc2c(nc1OCc1ccc(Cl)c(OCCN(C)C)c1)N(C)CCO2. The molecule has 10 nitrogen and oxygen atoms in total. The molecule has 0 fully saturated rings. The summed E-state index contributed by atoms with van der Waals surface area (Å²) in [6.45, 7) is 3.87. The van der Waals surface area contributed by atoms with E-state index in [2.05, 4.69) is 14.7 Å². The van der Waals surface area contributed by atoms with Gasteiger partial charge in [-0.25, -0.2) is 8.42 Å². The summed E-state index contributed by atoms with van der Waals surface area (Å²) in [5.41, 5.74) is 1.16. The van der Waals surface area contributed by atoms with Crippen LogP contribution in [-0.4, -0.2) is 70.7 Å². The van der Waals surface area contributed by atoms with E-state index in [9.17, 15) is 8.42 Å². The van der Waals surface area contributed by atoms with Crippen molar-refractivity contribution in [3.63, 3.8) is 0 Å². The summed E-state index contributed by atoms with van der Waals surface area (Å²) >= 11 is 12.5. The number of halogens is 2. The Morgan fingerprint density at radius 1 is 1.13 bits per heavy atom. The smallest absolute Gasteiger partial charge is 0.263 e. The number of fused-ring (bicyclic) bond motifs is 1. The van der Waals surface area contributed by atoms with Gasteiger partial charge in [-0.2, -0.15) is 9.97 Å². The van der Waals surface area contributed by atoms with Crippen LogP contribution < -0.4 is 23.8 Å². The lowest BCUT2D eigenvalue weighted by Crippen LogP contribution is -2.31. The molecule has 0 amide bonds. The Labute approximate surface area is 232 Å². The lowest BCUT2D eigenvalue weighted by atomic mass is 10.2. The first-order valence-corrected chi connectivity index (χ1v) is 14.0. The van der Waals surface area contributed by atoms with Gasteiger partial charge in [-0.1, -0.05) is 35.3 Å². The first-order chi connectivity index (χ1) is 18.0. The summed E-state index contributed by atoms with van der Waals surface area (Å²) in [4.78, 5) is 12.8. The molecule has 0 bridgehead atoms. The van der Waals surface area contributed by atoms with Crippen LogP contribution in [0.2, 0.25) is 10.0 Å². The highest BCUT2D eigenvalue weighted by Gasteiger charge is 2.27. The van der Waals surface area contributed by atoms with Crippen molar-refractivity contribution in [2.75, 3.05) is 57.1 Å². The zero-order chi connectivity index (χ0) is 27.4. The van der Waals surface area contributed by atoms with Gasteiger partial charge < -0.3 is 24.0 Å². The number of hydrogen-bond donors (Lipinski definition) is 1. The maximum Gasteiger partial charge on any atom is 0.263 e. The second kappa shape index (κ2) is 11.8. The number of anilines is 2. The fourth-order valence-corrected chi connectivity index (χ4v) is 5.26. The minimum Gasteiger partial charge on any atom is -0.491 e. The molecule has 0 radical (unpaired) electrons. The van der Waals surface area contributed by atoms with Gasteiger partial charge >= 0.3 is 0 Å². The Balaban J connectivity index is 1.62. The number of benzene rings is 2. The third-order valence-electron chi connectivity index (χ3n) is 5.75. The topological polar surface area (TPSA) is 106 Å². The monoisotopic (exact) mass is 581 g/mol. The molecule has 0 spiro atoms. The lowest BCUT2D eigenvalue weighted by molar-refractivity contribution is 0.259. The van der Waals surface area contributed by atoms with Crippen LogP contribution in [0.15, 0.2) is 41.3 Å². The van der Waals surface area contributed by atoms with Crippen LogP contribution in [-0.2, 0) is 16.6 Å². The second-order valence-corrected chi connectivity index (χ2v) is 11.4. The highest BCUT2D eigenvalue weighted by Crippen LogP contribution is 2.35. The van der Waals surface area contributed by atoms with E-state index in [1.54, 1.807) is 37.3 Å². The molecule has 2 heterocycles. The third kappa shape index (κ3) is 6.52. The highest BCUT2D eigenvalue weighted by molar-refractivity contribution is 7.92. The van der Waals surface area contributed by atoms with Crippen LogP contribution in [0.4, 0.5) is 11.6 Å². The number of likely N-dealkylation sites (N-methyl/N-ethyl adjacent to an activating group) is 2. The predicted molar refractivity (Wildman–Crippen MR) is 148 cm³/mol. The Morgan fingerprint density at radius 3 is 2.68 bits per heavy atom. The molecule has 0 saturated heterocycles. The minimum atomic E-state index is -4.07. The number of sulfonamides is 1. The second-order valence-electron chi connectivity index (χ2n) is 8.95. The quantitative estimate of drug-likeness (QED) is 0.376. The first kappa shape index (κ1) is 28.0. The Hall–Kier alpha value is -2.99. The molecule has 204 valence electrons. The number of aromatic nitrogens is 2. The van der Waals surface area contributed by atoms with Gasteiger partial charge in [-0.15, -0.1) is 0 Å². The predicted octanol–water partition coefficient (Wildman–Crippen LogP) is 4.24. The van der Waals surface area contributed by atoms with E-state index in [1.165, 1.54) is 6.07 Å². The van der Waals surface area contributed by atoms with Crippen molar-refractivity contribution in [2.45, 2.75) is 18.4 Å². The summed E-state index contributed by atoms with van der Waals surface area (Å²) in [7, 11) is 1.68. The standard InChI is InChI=1S/C25H29Cl2N5O5S/c1-16-18(26)6-5-7-21(16)38(33,34)30-22-24(29-23-25(28-22)36-13-11-32(23)4)37-15-17-8-9-19(27)20(14-17)35-12-10-31(2)3/h5-9,14H,10-13,15H2,1-4H3,(H,28,30). The van der Waals surface area contributed by atoms with Gasteiger partial charge in [0.1, 0.15) is 25.6 Å². The van der Waals surface area contributed by atoms with E-state index >= 15 is 0 Å². The fraction of sp³-hybridized carbons (Fsp3) is 0.360. The Morgan fingerprint density at radius 2 is 1.92 bits per heavy atom. The molecule has 4 rings (SSSR count). The third-order valence-corrected chi connectivity index (χ3v) is 7.95. The molecular weight excluding hydrogens is 553 g/mol. The molecule has 38 heavy (non-hydrogen) atoms. The lowest BCUT2D eigenvalue weighted by Gasteiger charge is -2.26. The Bertz CT molecular complexity index is 1420. The number of nitrogens with zero attached hydrogens (tertiary/aromatic N) is 4. The zero-order valence-corrected chi connectivity index (χ0v) is 23.8. The van der Waals surface area contributed by atoms with Gasteiger partial charge in [0.2, 0.25) is 5.82 Å². The molecule has 0 unspecified atom stereocenters. The van der Waals surface area contributed by atoms with Gasteiger partial charge in [0, 0.05) is 18.6 Å². The van der Waals surface area contributed by atoms with Gasteiger partial charge in [-0.3, -0.25) is 4.72 Å². The largest absolute Gasteiger partial charge is 0.491 e. The molecule has 2 aromatic carbocycles. The molecule has 0 aliphatic carbocycles. The number of ether oxygens (including phenoxy) is 3. The molecule has 3 aromatic rings. The average molecular weight is 583 g/mol. The van der Waals surface area contributed by atoms with Crippen molar-refractivity contribution in [2.24, 2.45) is 0 Å². The van der Waals surface area contributed by atoms with Crippen molar-refractivity contribution >= 4 is 44.9 Å². The van der Waals surface area contributed by atoms with Gasteiger partial charge in [-0.05, 0) is 56.4 Å². The van der Waals surface area contributed by atoms with Crippen LogP contribution in [0, 0.1) is 6.92 Å². The number of hydrogen-bond acceptors (Lipinski definition) is 9. The van der Waals surface area contributed by atoms with Crippen LogP contribution in [0.3, 0.4) is 0 Å². The minimum absolute atomic E-state index is 0.00520. The maximum absolute atomic E-state index is 13.3. The van der Waals surface area contributed by atoms with E-state index in [4.69, 9.17) is 37.4 Å². The Kier molecular flexibility index (Phi) is 8.71. The fourth-order valence-electron chi connectivity index (χ4n) is 3.59. The highest BCUT2D eigenvalue weighted by atomic mass is 35.5. The van der Waals surface area contributed by atoms with Gasteiger partial charge in [0.05, 0.1) is 16.5 Å². The van der Waals surface area contributed by atoms with Crippen molar-refractivity contribution in [1.82, 2.24) is 14.9 Å². The summed E-state index contributed by atoms with van der Waals surface area (Å²) in [6.07, 6.45) is 0. The van der Waals surface area contributed by atoms with Gasteiger partial charge in [0.15, 0.2) is 5.82 Å². The van der Waals surface area contributed by atoms with E-state index in [0.29, 0.717) is 46.9 Å². The molecular formula is C25H29Cl2N5O5S. The van der Waals surface area contributed by atoms with Crippen LogP contribution in [0.1, 0.15) is 11.1 Å². The van der Waals surface area contributed by atoms with Crippen LogP contribution in [0.5, 0.6) is 17.5 Å². The molecule has 0 saturated carbocycles.